The third kappa shape index (κ3) is 4.99. The van der Waals surface area contributed by atoms with E-state index in [1.54, 1.807) is 18.3 Å². The molecular weight excluding hydrogens is 405 g/mol. The fourth-order valence-electron chi connectivity index (χ4n) is 4.44. The van der Waals surface area contributed by atoms with E-state index >= 15 is 0 Å². The Morgan fingerprint density at radius 2 is 2.17 bits per heavy atom. The molecule has 0 aliphatic carbocycles. The van der Waals surface area contributed by atoms with Crippen LogP contribution in [0.2, 0.25) is 5.02 Å². The Balaban J connectivity index is 1.50. The fraction of sp³-hybridized carbons (Fsp3) is 0.478. The molecule has 0 radical (unpaired) electrons. The minimum atomic E-state index is -0.381. The van der Waals surface area contributed by atoms with Crippen LogP contribution in [0.25, 0.3) is 0 Å². The van der Waals surface area contributed by atoms with Gasteiger partial charge in [-0.15, -0.1) is 0 Å². The Hall–Kier alpha value is -2.02. The van der Waals surface area contributed by atoms with Crippen molar-refractivity contribution in [2.24, 2.45) is 5.92 Å². The number of hydrogen-bond acceptors (Lipinski definition) is 4. The average Bonchev–Trinajstić information content (AvgIpc) is 3.31. The number of pyridine rings is 1. The van der Waals surface area contributed by atoms with Gasteiger partial charge in [0.15, 0.2) is 0 Å². The van der Waals surface area contributed by atoms with Gasteiger partial charge in [0.25, 0.3) is 0 Å². The standard InChI is InChI=1S/C23H27ClFN3O2/c24-18-7-3-8-19(25)17(18)15-28-12-4-6-16(14-28)22(20-9-1-2-11-26-20)27-23(29)21-10-5-13-30-21/h1-3,7-9,11,16,21-22H,4-6,10,12-15H2,(H,27,29)/t16-,21+,22+/m1/s1. The van der Waals surface area contributed by atoms with Crippen molar-refractivity contribution in [2.75, 3.05) is 19.7 Å². The summed E-state index contributed by atoms with van der Waals surface area (Å²) in [4.78, 5) is 19.5. The lowest BCUT2D eigenvalue weighted by Gasteiger charge is -2.37. The monoisotopic (exact) mass is 431 g/mol. The maximum atomic E-state index is 14.3. The van der Waals surface area contributed by atoms with Crippen molar-refractivity contribution in [3.8, 4) is 0 Å². The van der Waals surface area contributed by atoms with Crippen LogP contribution in [0.4, 0.5) is 4.39 Å². The van der Waals surface area contributed by atoms with Crippen molar-refractivity contribution >= 4 is 17.5 Å². The smallest absolute Gasteiger partial charge is 0.249 e. The number of aromatic nitrogens is 1. The molecule has 0 bridgehead atoms. The van der Waals surface area contributed by atoms with Crippen molar-refractivity contribution in [3.63, 3.8) is 0 Å². The number of piperidine rings is 1. The normalized spacial score (nSPS) is 23.3. The Labute approximate surface area is 181 Å². The minimum absolute atomic E-state index is 0.0718. The van der Waals surface area contributed by atoms with Crippen molar-refractivity contribution in [3.05, 3.63) is 64.7 Å². The molecule has 4 rings (SSSR count). The highest BCUT2D eigenvalue weighted by Crippen LogP contribution is 2.31. The molecule has 7 heteroatoms. The first kappa shape index (κ1) is 21.2. The summed E-state index contributed by atoms with van der Waals surface area (Å²) in [7, 11) is 0. The van der Waals surface area contributed by atoms with Gasteiger partial charge in [0.2, 0.25) is 5.91 Å². The summed E-state index contributed by atoms with van der Waals surface area (Å²) in [6.45, 7) is 2.69. The number of halogens is 2. The third-order valence-electron chi connectivity index (χ3n) is 5.98. The first-order chi connectivity index (χ1) is 14.6. The zero-order chi connectivity index (χ0) is 20.9. The van der Waals surface area contributed by atoms with E-state index in [4.69, 9.17) is 16.3 Å². The van der Waals surface area contributed by atoms with Crippen LogP contribution in [-0.4, -0.2) is 41.6 Å². The summed E-state index contributed by atoms with van der Waals surface area (Å²) in [5.41, 5.74) is 1.37. The average molecular weight is 432 g/mol. The summed E-state index contributed by atoms with van der Waals surface area (Å²) in [5, 5.41) is 3.65. The molecule has 2 saturated heterocycles. The van der Waals surface area contributed by atoms with Gasteiger partial charge in [0.1, 0.15) is 11.9 Å². The SMILES string of the molecule is O=C(N[C@H](c1ccccn1)[C@@H]1CCCN(Cc2c(F)cccc2Cl)C1)[C@@H]1CCCO1. The minimum Gasteiger partial charge on any atom is -0.368 e. The van der Waals surface area contributed by atoms with Gasteiger partial charge in [-0.25, -0.2) is 4.39 Å². The molecule has 2 aliphatic rings. The number of carbonyl (C=O) groups excluding carboxylic acids is 1. The van der Waals surface area contributed by atoms with Crippen LogP contribution >= 0.6 is 11.6 Å². The molecular formula is C23H27ClFN3O2. The van der Waals surface area contributed by atoms with E-state index in [2.05, 4.69) is 15.2 Å². The number of carbonyl (C=O) groups is 1. The van der Waals surface area contributed by atoms with E-state index in [-0.39, 0.29) is 29.8 Å². The lowest BCUT2D eigenvalue weighted by molar-refractivity contribution is -0.131. The fourth-order valence-corrected chi connectivity index (χ4v) is 4.66. The number of rotatable bonds is 6. The van der Waals surface area contributed by atoms with Crippen LogP contribution in [0.3, 0.4) is 0 Å². The topological polar surface area (TPSA) is 54.5 Å². The van der Waals surface area contributed by atoms with Crippen molar-refractivity contribution in [2.45, 2.75) is 44.4 Å². The van der Waals surface area contributed by atoms with E-state index in [1.807, 2.05) is 18.2 Å². The van der Waals surface area contributed by atoms with Gasteiger partial charge < -0.3 is 10.1 Å². The molecule has 5 nitrogen and oxygen atoms in total. The van der Waals surface area contributed by atoms with Crippen LogP contribution < -0.4 is 5.32 Å². The Kier molecular flexibility index (Phi) is 6.97. The number of benzene rings is 1. The molecule has 2 aromatic rings. The maximum absolute atomic E-state index is 14.3. The first-order valence-electron chi connectivity index (χ1n) is 10.6. The summed E-state index contributed by atoms with van der Waals surface area (Å²) in [5.74, 6) is -0.181. The second-order valence-electron chi connectivity index (χ2n) is 8.08. The molecule has 3 atom stereocenters. The van der Waals surface area contributed by atoms with Gasteiger partial charge in [-0.2, -0.15) is 0 Å². The molecule has 1 aromatic heterocycles. The van der Waals surface area contributed by atoms with Crippen molar-refractivity contribution in [1.82, 2.24) is 15.2 Å². The molecule has 30 heavy (non-hydrogen) atoms. The predicted molar refractivity (Wildman–Crippen MR) is 114 cm³/mol. The van der Waals surface area contributed by atoms with Gasteiger partial charge in [0, 0.05) is 36.5 Å². The molecule has 3 heterocycles. The molecule has 160 valence electrons. The van der Waals surface area contributed by atoms with Gasteiger partial charge >= 0.3 is 0 Å². The highest BCUT2D eigenvalue weighted by Gasteiger charge is 2.33. The van der Waals surface area contributed by atoms with E-state index in [0.29, 0.717) is 23.7 Å². The van der Waals surface area contributed by atoms with Crippen molar-refractivity contribution < 1.29 is 13.9 Å². The van der Waals surface area contributed by atoms with E-state index in [1.165, 1.54) is 6.07 Å². The highest BCUT2D eigenvalue weighted by atomic mass is 35.5. The quantitative estimate of drug-likeness (QED) is 0.747. The summed E-state index contributed by atoms with van der Waals surface area (Å²) >= 11 is 6.24. The van der Waals surface area contributed by atoms with Crippen LogP contribution in [0, 0.1) is 11.7 Å². The number of hydrogen-bond donors (Lipinski definition) is 1. The first-order valence-corrected chi connectivity index (χ1v) is 11.0. The molecule has 1 amide bonds. The Bertz CT molecular complexity index is 841. The molecule has 1 N–H and O–H groups in total. The molecule has 0 spiro atoms. The molecule has 1 aromatic carbocycles. The zero-order valence-electron chi connectivity index (χ0n) is 16.9. The second kappa shape index (κ2) is 9.86. The number of nitrogens with zero attached hydrogens (tertiary/aromatic N) is 2. The third-order valence-corrected chi connectivity index (χ3v) is 6.34. The Morgan fingerprint density at radius 1 is 1.27 bits per heavy atom. The number of likely N-dealkylation sites (tertiary alicyclic amines) is 1. The zero-order valence-corrected chi connectivity index (χ0v) is 17.7. The molecule has 2 fully saturated rings. The van der Waals surface area contributed by atoms with Gasteiger partial charge in [-0.3, -0.25) is 14.7 Å². The summed E-state index contributed by atoms with van der Waals surface area (Å²) in [6.07, 6.45) is 4.97. The number of amides is 1. The second-order valence-corrected chi connectivity index (χ2v) is 8.49. The Morgan fingerprint density at radius 3 is 2.90 bits per heavy atom. The van der Waals surface area contributed by atoms with Gasteiger partial charge in [-0.1, -0.05) is 23.7 Å². The number of nitrogens with one attached hydrogen (secondary N) is 1. The van der Waals surface area contributed by atoms with Crippen LogP contribution in [-0.2, 0) is 16.1 Å². The van der Waals surface area contributed by atoms with Gasteiger partial charge in [0.05, 0.1) is 11.7 Å². The lowest BCUT2D eigenvalue weighted by Crippen LogP contribution is -2.45. The molecule has 0 saturated carbocycles. The lowest BCUT2D eigenvalue weighted by atomic mass is 9.88. The number of ether oxygens (including phenoxy) is 1. The van der Waals surface area contributed by atoms with Crippen molar-refractivity contribution in [1.29, 1.82) is 0 Å². The van der Waals surface area contributed by atoms with E-state index < -0.39 is 0 Å². The van der Waals surface area contributed by atoms with Crippen LogP contribution in [0.15, 0.2) is 42.6 Å². The summed E-state index contributed by atoms with van der Waals surface area (Å²) < 4.78 is 19.8. The maximum Gasteiger partial charge on any atom is 0.249 e. The van der Waals surface area contributed by atoms with E-state index in [9.17, 15) is 9.18 Å². The molecule has 0 unspecified atom stereocenters. The predicted octanol–water partition coefficient (Wildman–Crippen LogP) is 4.12. The van der Waals surface area contributed by atoms with Crippen LogP contribution in [0.1, 0.15) is 43.0 Å². The molecule has 2 aliphatic heterocycles. The van der Waals surface area contributed by atoms with Gasteiger partial charge in [-0.05, 0) is 62.4 Å². The summed E-state index contributed by atoms with van der Waals surface area (Å²) in [6, 6.07) is 10.3. The largest absolute Gasteiger partial charge is 0.368 e. The highest BCUT2D eigenvalue weighted by molar-refractivity contribution is 6.31. The van der Waals surface area contributed by atoms with E-state index in [0.717, 1.165) is 44.5 Å². The van der Waals surface area contributed by atoms with Crippen LogP contribution in [0.5, 0.6) is 0 Å².